The summed E-state index contributed by atoms with van der Waals surface area (Å²) in [5, 5.41) is 3.53. The summed E-state index contributed by atoms with van der Waals surface area (Å²) in [5.41, 5.74) is 2.51. The average Bonchev–Trinajstić information content (AvgIpc) is 3.15. The van der Waals surface area contributed by atoms with Crippen LogP contribution in [0.4, 0.5) is 0 Å². The molecule has 1 aromatic rings. The summed E-state index contributed by atoms with van der Waals surface area (Å²) < 4.78 is 11.9. The monoisotopic (exact) mass is 247 g/mol. The van der Waals surface area contributed by atoms with Gasteiger partial charge >= 0.3 is 0 Å². The van der Waals surface area contributed by atoms with Crippen LogP contribution in [-0.4, -0.2) is 25.3 Å². The van der Waals surface area contributed by atoms with Crippen LogP contribution in [0.15, 0.2) is 12.1 Å². The van der Waals surface area contributed by atoms with Crippen LogP contribution in [0.1, 0.15) is 30.4 Å². The maximum Gasteiger partial charge on any atom is 0.161 e. The number of benzene rings is 1. The fourth-order valence-corrected chi connectivity index (χ4v) is 2.24. The first-order valence-corrected chi connectivity index (χ1v) is 6.86. The van der Waals surface area contributed by atoms with Crippen molar-refractivity contribution < 1.29 is 9.47 Å². The first kappa shape index (κ1) is 11.8. The molecule has 0 aromatic heterocycles. The second-order valence-electron chi connectivity index (χ2n) is 5.44. The molecule has 1 aliphatic heterocycles. The molecule has 1 saturated carbocycles. The van der Waals surface area contributed by atoms with Gasteiger partial charge in [-0.2, -0.15) is 0 Å². The molecule has 3 nitrogen and oxygen atoms in total. The molecule has 1 aromatic carbocycles. The van der Waals surface area contributed by atoms with Crippen LogP contribution in [0.25, 0.3) is 0 Å². The number of hydrogen-bond acceptors (Lipinski definition) is 3. The van der Waals surface area contributed by atoms with Gasteiger partial charge in [0.15, 0.2) is 11.5 Å². The topological polar surface area (TPSA) is 30.5 Å². The van der Waals surface area contributed by atoms with Crippen LogP contribution in [0.3, 0.4) is 0 Å². The molecule has 1 aliphatic carbocycles. The largest absolute Gasteiger partial charge is 0.490 e. The first-order chi connectivity index (χ1) is 8.72. The van der Waals surface area contributed by atoms with Gasteiger partial charge < -0.3 is 14.8 Å². The van der Waals surface area contributed by atoms with Crippen molar-refractivity contribution >= 4 is 0 Å². The lowest BCUT2D eigenvalue weighted by Gasteiger charge is -2.17. The molecule has 1 atom stereocenters. The Bertz CT molecular complexity index is 440. The van der Waals surface area contributed by atoms with Gasteiger partial charge in [0, 0.05) is 19.0 Å². The van der Waals surface area contributed by atoms with Crippen molar-refractivity contribution in [3.05, 3.63) is 23.3 Å². The number of aryl methyl sites for hydroxylation is 2. The highest BCUT2D eigenvalue weighted by Gasteiger charge is 2.24. The molecule has 0 radical (unpaired) electrons. The minimum Gasteiger partial charge on any atom is -0.490 e. The summed E-state index contributed by atoms with van der Waals surface area (Å²) in [4.78, 5) is 0. The molecule has 1 heterocycles. The predicted octanol–water partition coefficient (Wildman–Crippen LogP) is 2.59. The fourth-order valence-electron chi connectivity index (χ4n) is 2.24. The minimum absolute atomic E-state index is 0.231. The van der Waals surface area contributed by atoms with E-state index in [2.05, 4.69) is 31.3 Å². The summed E-state index contributed by atoms with van der Waals surface area (Å²) in [6.45, 7) is 5.89. The highest BCUT2D eigenvalue weighted by Crippen LogP contribution is 2.33. The lowest BCUT2D eigenvalue weighted by atomic mass is 10.1. The van der Waals surface area contributed by atoms with Crippen LogP contribution in [-0.2, 0) is 0 Å². The van der Waals surface area contributed by atoms with Crippen LogP contribution < -0.4 is 14.8 Å². The number of rotatable bonds is 3. The van der Waals surface area contributed by atoms with Crippen molar-refractivity contribution in [2.24, 2.45) is 0 Å². The Hall–Kier alpha value is -1.22. The van der Waals surface area contributed by atoms with Gasteiger partial charge in [0.2, 0.25) is 0 Å². The van der Waals surface area contributed by atoms with Crippen molar-refractivity contribution in [1.29, 1.82) is 0 Å². The third-order valence-corrected chi connectivity index (χ3v) is 3.76. The average molecular weight is 247 g/mol. The second kappa shape index (κ2) is 4.81. The van der Waals surface area contributed by atoms with E-state index in [-0.39, 0.29) is 6.10 Å². The van der Waals surface area contributed by atoms with Crippen molar-refractivity contribution in [3.63, 3.8) is 0 Å². The first-order valence-electron chi connectivity index (χ1n) is 6.86. The Morgan fingerprint density at radius 2 is 1.83 bits per heavy atom. The smallest absolute Gasteiger partial charge is 0.161 e. The summed E-state index contributed by atoms with van der Waals surface area (Å²) in [6.07, 6.45) is 3.82. The quantitative estimate of drug-likeness (QED) is 0.890. The molecule has 1 unspecified atom stereocenters. The van der Waals surface area contributed by atoms with Crippen molar-refractivity contribution in [3.8, 4) is 11.5 Å². The van der Waals surface area contributed by atoms with Crippen LogP contribution in [0.2, 0.25) is 0 Å². The zero-order valence-corrected chi connectivity index (χ0v) is 11.2. The summed E-state index contributed by atoms with van der Waals surface area (Å²) in [6, 6.07) is 4.92. The van der Waals surface area contributed by atoms with Crippen LogP contribution in [0.5, 0.6) is 11.5 Å². The molecule has 3 heteroatoms. The van der Waals surface area contributed by atoms with E-state index in [9.17, 15) is 0 Å². The molecule has 18 heavy (non-hydrogen) atoms. The minimum atomic E-state index is 0.231. The van der Waals surface area contributed by atoms with E-state index in [0.29, 0.717) is 0 Å². The molecule has 98 valence electrons. The Balaban J connectivity index is 1.72. The van der Waals surface area contributed by atoms with Gasteiger partial charge in [-0.1, -0.05) is 0 Å². The van der Waals surface area contributed by atoms with Gasteiger partial charge in [-0.3, -0.25) is 0 Å². The third kappa shape index (κ3) is 2.61. The summed E-state index contributed by atoms with van der Waals surface area (Å²) >= 11 is 0. The van der Waals surface area contributed by atoms with E-state index in [1.807, 2.05) is 0 Å². The lowest BCUT2D eigenvalue weighted by molar-refractivity contribution is 0.187. The molecule has 0 amide bonds. The van der Waals surface area contributed by atoms with Gasteiger partial charge in [-0.05, 0) is 49.9 Å². The second-order valence-corrected chi connectivity index (χ2v) is 5.44. The van der Waals surface area contributed by atoms with E-state index in [0.717, 1.165) is 37.1 Å². The van der Waals surface area contributed by atoms with Gasteiger partial charge in [0.05, 0.1) is 6.61 Å². The Kier molecular flexibility index (Phi) is 3.16. The Labute approximate surface area is 108 Å². The van der Waals surface area contributed by atoms with Crippen LogP contribution >= 0.6 is 0 Å². The van der Waals surface area contributed by atoms with Gasteiger partial charge in [-0.25, -0.2) is 0 Å². The molecular weight excluding hydrogens is 226 g/mol. The zero-order chi connectivity index (χ0) is 12.5. The van der Waals surface area contributed by atoms with Crippen LogP contribution in [0, 0.1) is 13.8 Å². The van der Waals surface area contributed by atoms with Gasteiger partial charge in [0.25, 0.3) is 0 Å². The molecule has 2 aliphatic rings. The standard InChI is InChI=1S/C15H21NO2/c1-10-7-14-15(8-11(10)2)18-13(5-6-17-14)9-16-12-3-4-12/h7-8,12-13,16H,3-6,9H2,1-2H3. The number of fused-ring (bicyclic) bond motifs is 1. The van der Waals surface area contributed by atoms with Crippen molar-refractivity contribution in [2.45, 2.75) is 45.3 Å². The molecule has 1 N–H and O–H groups in total. The zero-order valence-electron chi connectivity index (χ0n) is 11.2. The van der Waals surface area contributed by atoms with Crippen molar-refractivity contribution in [2.75, 3.05) is 13.2 Å². The molecule has 0 saturated heterocycles. The Morgan fingerprint density at radius 3 is 2.56 bits per heavy atom. The molecule has 1 fully saturated rings. The molecule has 0 bridgehead atoms. The molecule has 0 spiro atoms. The fraction of sp³-hybridized carbons (Fsp3) is 0.600. The normalized spacial score (nSPS) is 22.7. The Morgan fingerprint density at radius 1 is 1.11 bits per heavy atom. The highest BCUT2D eigenvalue weighted by atomic mass is 16.5. The van der Waals surface area contributed by atoms with Crippen molar-refractivity contribution in [1.82, 2.24) is 5.32 Å². The maximum atomic E-state index is 6.08. The summed E-state index contributed by atoms with van der Waals surface area (Å²) in [5.74, 6) is 1.80. The molecule has 3 rings (SSSR count). The van der Waals surface area contributed by atoms with Gasteiger partial charge in [0.1, 0.15) is 6.10 Å². The van der Waals surface area contributed by atoms with E-state index in [1.165, 1.54) is 24.0 Å². The van der Waals surface area contributed by atoms with E-state index in [4.69, 9.17) is 9.47 Å². The lowest BCUT2D eigenvalue weighted by Crippen LogP contribution is -2.32. The number of hydrogen-bond donors (Lipinski definition) is 1. The number of nitrogens with one attached hydrogen (secondary N) is 1. The maximum absolute atomic E-state index is 6.08. The third-order valence-electron chi connectivity index (χ3n) is 3.76. The molecular formula is C15H21NO2. The van der Waals surface area contributed by atoms with E-state index < -0.39 is 0 Å². The predicted molar refractivity (Wildman–Crippen MR) is 71.5 cm³/mol. The van der Waals surface area contributed by atoms with E-state index in [1.54, 1.807) is 0 Å². The number of ether oxygens (including phenoxy) is 2. The highest BCUT2D eigenvalue weighted by molar-refractivity contribution is 5.47. The SMILES string of the molecule is Cc1cc2c(cc1C)OC(CNC1CC1)CCO2. The van der Waals surface area contributed by atoms with Gasteiger partial charge in [-0.15, -0.1) is 0 Å². The van der Waals surface area contributed by atoms with E-state index >= 15 is 0 Å². The summed E-state index contributed by atoms with van der Waals surface area (Å²) in [7, 11) is 0.